The normalized spacial score (nSPS) is 25.4. The minimum Gasteiger partial charge on any atom is -0.507 e. The fourth-order valence-electron chi connectivity index (χ4n) is 3.67. The number of phenolic OH excluding ortho intramolecular Hbond substituents is 1. The summed E-state index contributed by atoms with van der Waals surface area (Å²) >= 11 is 0. The number of methoxy groups -OCH3 is 1. The first-order valence-electron chi connectivity index (χ1n) is 10.2. The maximum atomic E-state index is 12.8. The Bertz CT molecular complexity index is 1010. The van der Waals surface area contributed by atoms with Crippen LogP contribution >= 0.6 is 0 Å². The molecule has 0 unspecified atom stereocenters. The number of esters is 1. The molecule has 5 atom stereocenters. The van der Waals surface area contributed by atoms with Crippen LogP contribution in [0.1, 0.15) is 29.8 Å². The summed E-state index contributed by atoms with van der Waals surface area (Å²) in [6.45, 7) is 3.12. The third-order valence-electron chi connectivity index (χ3n) is 5.43. The molecule has 2 aromatic carbocycles. The average Bonchev–Trinajstić information content (AvgIpc) is 2.79. The van der Waals surface area contributed by atoms with Crippen LogP contribution in [0.2, 0.25) is 0 Å². The summed E-state index contributed by atoms with van der Waals surface area (Å²) in [5, 5.41) is 51.7. The lowest BCUT2D eigenvalue weighted by atomic mass is 9.94. The molecule has 1 aliphatic rings. The second-order valence-corrected chi connectivity index (χ2v) is 7.87. The van der Waals surface area contributed by atoms with Gasteiger partial charge in [-0.1, -0.05) is 35.9 Å². The summed E-state index contributed by atoms with van der Waals surface area (Å²) < 4.78 is 16.3. The van der Waals surface area contributed by atoms with Crippen molar-refractivity contribution in [3.8, 4) is 11.5 Å². The number of ether oxygens (including phenoxy) is 3. The SMILES string of the molecule is COC(=O)c1c(CC=C(C)C)c(O)c2ccccc2c1O[C@H]1O[C@@H](CO)[C@H](O)[C@@H](O)[C@@H]1O. The Morgan fingerprint density at radius 2 is 1.75 bits per heavy atom. The van der Waals surface area contributed by atoms with E-state index in [4.69, 9.17) is 14.2 Å². The summed E-state index contributed by atoms with van der Waals surface area (Å²) in [4.78, 5) is 12.8. The van der Waals surface area contributed by atoms with Crippen molar-refractivity contribution in [3.05, 3.63) is 47.0 Å². The first kappa shape index (κ1) is 24.0. The van der Waals surface area contributed by atoms with Gasteiger partial charge in [-0.05, 0) is 20.3 Å². The molecule has 174 valence electrons. The van der Waals surface area contributed by atoms with Gasteiger partial charge in [-0.25, -0.2) is 4.79 Å². The van der Waals surface area contributed by atoms with E-state index in [0.717, 1.165) is 5.57 Å². The number of carbonyl (C=O) groups is 1. The van der Waals surface area contributed by atoms with Gasteiger partial charge in [0, 0.05) is 16.3 Å². The molecule has 32 heavy (non-hydrogen) atoms. The minimum absolute atomic E-state index is 0.0215. The van der Waals surface area contributed by atoms with Crippen molar-refractivity contribution in [2.24, 2.45) is 0 Å². The van der Waals surface area contributed by atoms with Gasteiger partial charge in [0.15, 0.2) is 0 Å². The Morgan fingerprint density at radius 3 is 2.34 bits per heavy atom. The summed E-state index contributed by atoms with van der Waals surface area (Å²) in [5.41, 5.74) is 1.17. The number of phenols is 1. The van der Waals surface area contributed by atoms with E-state index in [1.54, 1.807) is 24.3 Å². The van der Waals surface area contributed by atoms with Crippen molar-refractivity contribution in [3.63, 3.8) is 0 Å². The van der Waals surface area contributed by atoms with E-state index in [0.29, 0.717) is 10.8 Å². The molecule has 0 bridgehead atoms. The fraction of sp³-hybridized carbons (Fsp3) is 0.435. The lowest BCUT2D eigenvalue weighted by Gasteiger charge is -2.40. The number of aliphatic hydroxyl groups is 4. The second kappa shape index (κ2) is 9.85. The highest BCUT2D eigenvalue weighted by molar-refractivity contribution is 6.06. The molecule has 9 heteroatoms. The molecule has 1 fully saturated rings. The van der Waals surface area contributed by atoms with Crippen molar-refractivity contribution in [1.82, 2.24) is 0 Å². The maximum Gasteiger partial charge on any atom is 0.342 e. The lowest BCUT2D eigenvalue weighted by molar-refractivity contribution is -0.277. The third-order valence-corrected chi connectivity index (χ3v) is 5.43. The van der Waals surface area contributed by atoms with Crippen molar-refractivity contribution in [2.75, 3.05) is 13.7 Å². The first-order valence-corrected chi connectivity index (χ1v) is 10.2. The zero-order valence-corrected chi connectivity index (χ0v) is 18.1. The second-order valence-electron chi connectivity index (χ2n) is 7.87. The number of aliphatic hydroxyl groups excluding tert-OH is 4. The van der Waals surface area contributed by atoms with E-state index in [1.807, 2.05) is 19.9 Å². The van der Waals surface area contributed by atoms with Crippen LogP contribution in [0.3, 0.4) is 0 Å². The van der Waals surface area contributed by atoms with Crippen LogP contribution in [-0.2, 0) is 15.9 Å². The van der Waals surface area contributed by atoms with E-state index in [9.17, 15) is 30.3 Å². The number of allylic oxidation sites excluding steroid dienone is 2. The number of hydrogen-bond donors (Lipinski definition) is 5. The first-order chi connectivity index (χ1) is 15.2. The molecule has 1 heterocycles. The summed E-state index contributed by atoms with van der Waals surface area (Å²) in [7, 11) is 1.19. The predicted molar refractivity (Wildman–Crippen MR) is 114 cm³/mol. The highest BCUT2D eigenvalue weighted by Gasteiger charge is 2.45. The number of fused-ring (bicyclic) bond motifs is 1. The monoisotopic (exact) mass is 448 g/mol. The molecule has 0 aliphatic carbocycles. The highest BCUT2D eigenvalue weighted by atomic mass is 16.7. The van der Waals surface area contributed by atoms with E-state index in [1.165, 1.54) is 7.11 Å². The molecule has 0 saturated carbocycles. The van der Waals surface area contributed by atoms with Crippen LogP contribution in [0.25, 0.3) is 10.8 Å². The molecule has 0 aromatic heterocycles. The van der Waals surface area contributed by atoms with E-state index in [-0.39, 0.29) is 29.0 Å². The molecule has 0 spiro atoms. The highest BCUT2D eigenvalue weighted by Crippen LogP contribution is 2.42. The van der Waals surface area contributed by atoms with Crippen LogP contribution in [0.15, 0.2) is 35.9 Å². The Morgan fingerprint density at radius 1 is 1.09 bits per heavy atom. The van der Waals surface area contributed by atoms with Crippen LogP contribution in [-0.4, -0.2) is 75.9 Å². The average molecular weight is 448 g/mol. The number of benzene rings is 2. The predicted octanol–water partition coefficient (Wildman–Crippen LogP) is 1.02. The molecular formula is C23H28O9. The van der Waals surface area contributed by atoms with Gasteiger partial charge in [0.1, 0.15) is 41.5 Å². The minimum atomic E-state index is -1.67. The van der Waals surface area contributed by atoms with E-state index >= 15 is 0 Å². The largest absolute Gasteiger partial charge is 0.507 e. The molecular weight excluding hydrogens is 420 g/mol. The van der Waals surface area contributed by atoms with Gasteiger partial charge in [0.2, 0.25) is 6.29 Å². The summed E-state index contributed by atoms with van der Waals surface area (Å²) in [5.74, 6) is -0.908. The van der Waals surface area contributed by atoms with Gasteiger partial charge in [0.05, 0.1) is 13.7 Å². The van der Waals surface area contributed by atoms with Crippen molar-refractivity contribution < 1.29 is 44.5 Å². The van der Waals surface area contributed by atoms with Crippen LogP contribution in [0.4, 0.5) is 0 Å². The van der Waals surface area contributed by atoms with Crippen molar-refractivity contribution in [2.45, 2.75) is 51.0 Å². The standard InChI is InChI=1S/C23H28O9/c1-11(2)8-9-14-16(22(29)30-3)21(13-7-5-4-6-12(13)17(14)25)32-23-20(28)19(27)18(26)15(10-24)31-23/h4-8,15,18-20,23-28H,9-10H2,1-3H3/t15-,18-,19+,20-,23+/m0/s1. The van der Waals surface area contributed by atoms with Crippen LogP contribution in [0.5, 0.6) is 11.5 Å². The third kappa shape index (κ3) is 4.43. The molecule has 0 radical (unpaired) electrons. The lowest BCUT2D eigenvalue weighted by Crippen LogP contribution is -2.60. The van der Waals surface area contributed by atoms with Gasteiger partial charge in [-0.15, -0.1) is 0 Å². The number of hydrogen-bond acceptors (Lipinski definition) is 9. The molecule has 1 aliphatic heterocycles. The number of aromatic hydroxyl groups is 1. The Labute approximate surface area is 185 Å². The smallest absolute Gasteiger partial charge is 0.342 e. The summed E-state index contributed by atoms with van der Waals surface area (Å²) in [6, 6.07) is 6.66. The van der Waals surface area contributed by atoms with Gasteiger partial charge >= 0.3 is 5.97 Å². The van der Waals surface area contributed by atoms with Gasteiger partial charge < -0.3 is 39.7 Å². The zero-order chi connectivity index (χ0) is 23.6. The Kier molecular flexibility index (Phi) is 7.37. The quantitative estimate of drug-likeness (QED) is 0.323. The number of carbonyl (C=O) groups excluding carboxylic acids is 1. The van der Waals surface area contributed by atoms with Crippen LogP contribution < -0.4 is 4.74 Å². The topological polar surface area (TPSA) is 146 Å². The van der Waals surface area contributed by atoms with Crippen molar-refractivity contribution >= 4 is 16.7 Å². The molecule has 0 amide bonds. The van der Waals surface area contributed by atoms with Gasteiger partial charge in [-0.3, -0.25) is 0 Å². The molecule has 9 nitrogen and oxygen atoms in total. The Balaban J connectivity index is 2.21. The van der Waals surface area contributed by atoms with Crippen molar-refractivity contribution in [1.29, 1.82) is 0 Å². The van der Waals surface area contributed by atoms with Gasteiger partial charge in [-0.2, -0.15) is 0 Å². The molecule has 3 rings (SSSR count). The maximum absolute atomic E-state index is 12.8. The molecule has 5 N–H and O–H groups in total. The van der Waals surface area contributed by atoms with Gasteiger partial charge in [0.25, 0.3) is 0 Å². The van der Waals surface area contributed by atoms with E-state index < -0.39 is 43.3 Å². The molecule has 1 saturated heterocycles. The van der Waals surface area contributed by atoms with E-state index in [2.05, 4.69) is 0 Å². The zero-order valence-electron chi connectivity index (χ0n) is 18.1. The number of rotatable bonds is 6. The Hall–Kier alpha value is -2.69. The van der Waals surface area contributed by atoms with Crippen LogP contribution in [0, 0.1) is 0 Å². The molecule has 2 aromatic rings. The summed E-state index contributed by atoms with van der Waals surface area (Å²) in [6.07, 6.45) is -5.55. The fourth-order valence-corrected chi connectivity index (χ4v) is 3.67.